The molecule has 2 aromatic heterocycles. The summed E-state index contributed by atoms with van der Waals surface area (Å²) in [4.78, 5) is 21.4. The van der Waals surface area contributed by atoms with E-state index in [1.54, 1.807) is 6.20 Å². The molecule has 0 aliphatic carbocycles. The van der Waals surface area contributed by atoms with Crippen molar-refractivity contribution in [1.82, 2.24) is 9.88 Å². The third kappa shape index (κ3) is 2.60. The van der Waals surface area contributed by atoms with Crippen LogP contribution in [0.4, 0.5) is 11.5 Å². The Morgan fingerprint density at radius 1 is 1.20 bits per heavy atom. The molecule has 2 N–H and O–H groups in total. The van der Waals surface area contributed by atoms with E-state index in [2.05, 4.69) is 9.88 Å². The van der Waals surface area contributed by atoms with E-state index in [-0.39, 0.29) is 5.91 Å². The van der Waals surface area contributed by atoms with Crippen LogP contribution in [0, 0.1) is 0 Å². The third-order valence-corrected chi connectivity index (χ3v) is 4.25. The minimum atomic E-state index is 0.130. The van der Waals surface area contributed by atoms with Gasteiger partial charge in [0.1, 0.15) is 5.82 Å². The number of thiophene rings is 1. The number of aromatic nitrogens is 1. The van der Waals surface area contributed by atoms with Gasteiger partial charge in [-0.3, -0.25) is 4.79 Å². The van der Waals surface area contributed by atoms with Crippen LogP contribution < -0.4 is 10.6 Å². The largest absolute Gasteiger partial charge is 0.397 e. The van der Waals surface area contributed by atoms with Gasteiger partial charge in [0, 0.05) is 26.2 Å². The summed E-state index contributed by atoms with van der Waals surface area (Å²) in [5.74, 6) is 1.05. The molecule has 1 aliphatic heterocycles. The Morgan fingerprint density at radius 3 is 2.60 bits per heavy atom. The number of anilines is 2. The molecule has 1 saturated heterocycles. The van der Waals surface area contributed by atoms with E-state index in [1.807, 2.05) is 34.5 Å². The average molecular weight is 288 g/mol. The lowest BCUT2D eigenvalue weighted by Gasteiger charge is -2.35. The van der Waals surface area contributed by atoms with Crippen LogP contribution in [0.2, 0.25) is 0 Å². The summed E-state index contributed by atoms with van der Waals surface area (Å²) in [5.41, 5.74) is 6.31. The normalized spacial score (nSPS) is 15.4. The molecule has 5 nitrogen and oxygen atoms in total. The van der Waals surface area contributed by atoms with Crippen LogP contribution in [0.5, 0.6) is 0 Å². The van der Waals surface area contributed by atoms with Gasteiger partial charge < -0.3 is 15.5 Å². The van der Waals surface area contributed by atoms with Gasteiger partial charge in [-0.25, -0.2) is 4.98 Å². The van der Waals surface area contributed by atoms with Crippen molar-refractivity contribution in [3.8, 4) is 0 Å². The molecule has 20 heavy (non-hydrogen) atoms. The van der Waals surface area contributed by atoms with Crippen molar-refractivity contribution in [1.29, 1.82) is 0 Å². The topological polar surface area (TPSA) is 62.5 Å². The van der Waals surface area contributed by atoms with Crippen LogP contribution in [-0.2, 0) is 0 Å². The quantitative estimate of drug-likeness (QED) is 0.913. The van der Waals surface area contributed by atoms with Crippen LogP contribution in [0.3, 0.4) is 0 Å². The maximum atomic E-state index is 12.2. The number of nitrogens with zero attached hydrogens (tertiary/aromatic N) is 3. The molecular formula is C14H16N4OS. The summed E-state index contributed by atoms with van der Waals surface area (Å²) in [6.07, 6.45) is 1.67. The zero-order valence-electron chi connectivity index (χ0n) is 11.0. The van der Waals surface area contributed by atoms with Crippen LogP contribution >= 0.6 is 11.3 Å². The Kier molecular flexibility index (Phi) is 3.56. The average Bonchev–Trinajstić information content (AvgIpc) is 3.02. The Balaban J connectivity index is 1.62. The fraction of sp³-hybridized carbons (Fsp3) is 0.286. The Labute approximate surface area is 121 Å². The number of piperazine rings is 1. The number of carbonyl (C=O) groups is 1. The number of hydrogen-bond acceptors (Lipinski definition) is 5. The fourth-order valence-electron chi connectivity index (χ4n) is 2.28. The molecule has 0 radical (unpaired) electrons. The predicted molar refractivity (Wildman–Crippen MR) is 81.1 cm³/mol. The highest BCUT2D eigenvalue weighted by Crippen LogP contribution is 2.17. The van der Waals surface area contributed by atoms with Gasteiger partial charge in [0.2, 0.25) is 0 Å². The molecule has 104 valence electrons. The van der Waals surface area contributed by atoms with Crippen molar-refractivity contribution in [3.63, 3.8) is 0 Å². The van der Waals surface area contributed by atoms with E-state index in [0.717, 1.165) is 36.9 Å². The van der Waals surface area contributed by atoms with Crippen LogP contribution in [0.1, 0.15) is 9.67 Å². The van der Waals surface area contributed by atoms with Gasteiger partial charge in [0.05, 0.1) is 16.8 Å². The number of pyridine rings is 1. The Hall–Kier alpha value is -2.08. The lowest BCUT2D eigenvalue weighted by Crippen LogP contribution is -2.48. The molecule has 1 amide bonds. The van der Waals surface area contributed by atoms with Crippen molar-refractivity contribution in [2.24, 2.45) is 0 Å². The van der Waals surface area contributed by atoms with Gasteiger partial charge in [-0.2, -0.15) is 0 Å². The van der Waals surface area contributed by atoms with E-state index >= 15 is 0 Å². The number of amides is 1. The first kappa shape index (κ1) is 12.9. The zero-order chi connectivity index (χ0) is 13.9. The summed E-state index contributed by atoms with van der Waals surface area (Å²) in [7, 11) is 0. The highest BCUT2D eigenvalue weighted by atomic mass is 32.1. The maximum absolute atomic E-state index is 12.2. The molecule has 3 rings (SSSR count). The summed E-state index contributed by atoms with van der Waals surface area (Å²) >= 11 is 1.49. The molecule has 0 spiro atoms. The molecule has 0 saturated carbocycles. The molecule has 1 fully saturated rings. The van der Waals surface area contributed by atoms with E-state index in [9.17, 15) is 4.79 Å². The van der Waals surface area contributed by atoms with Gasteiger partial charge in [-0.15, -0.1) is 11.3 Å². The highest BCUT2D eigenvalue weighted by Gasteiger charge is 2.23. The lowest BCUT2D eigenvalue weighted by molar-refractivity contribution is 0.0751. The predicted octanol–water partition coefficient (Wildman–Crippen LogP) is 1.69. The maximum Gasteiger partial charge on any atom is 0.264 e. The molecule has 3 heterocycles. The molecule has 0 atom stereocenters. The second-order valence-corrected chi connectivity index (χ2v) is 5.65. The van der Waals surface area contributed by atoms with Gasteiger partial charge >= 0.3 is 0 Å². The second-order valence-electron chi connectivity index (χ2n) is 4.71. The number of nitrogen functional groups attached to an aromatic ring is 1. The first-order chi connectivity index (χ1) is 9.74. The van der Waals surface area contributed by atoms with Crippen molar-refractivity contribution >= 4 is 28.7 Å². The number of hydrogen-bond donors (Lipinski definition) is 1. The van der Waals surface area contributed by atoms with Crippen molar-refractivity contribution in [2.45, 2.75) is 0 Å². The lowest BCUT2D eigenvalue weighted by atomic mass is 10.3. The number of carbonyl (C=O) groups excluding carboxylic acids is 1. The van der Waals surface area contributed by atoms with Crippen molar-refractivity contribution in [3.05, 3.63) is 40.7 Å². The number of rotatable bonds is 2. The van der Waals surface area contributed by atoms with Crippen LogP contribution in [0.25, 0.3) is 0 Å². The van der Waals surface area contributed by atoms with Crippen molar-refractivity contribution in [2.75, 3.05) is 36.8 Å². The molecule has 6 heteroatoms. The third-order valence-electron chi connectivity index (χ3n) is 3.39. The summed E-state index contributed by atoms with van der Waals surface area (Å²) < 4.78 is 0. The number of nitrogens with two attached hydrogens (primary N) is 1. The Bertz CT molecular complexity index is 574. The minimum Gasteiger partial charge on any atom is -0.397 e. The second kappa shape index (κ2) is 5.50. The molecule has 2 aromatic rings. The van der Waals surface area contributed by atoms with E-state index in [1.165, 1.54) is 11.3 Å². The Morgan fingerprint density at radius 2 is 2.00 bits per heavy atom. The monoisotopic (exact) mass is 288 g/mol. The molecule has 0 bridgehead atoms. The van der Waals surface area contributed by atoms with Crippen LogP contribution in [-0.4, -0.2) is 42.0 Å². The summed E-state index contributed by atoms with van der Waals surface area (Å²) in [6.45, 7) is 3.05. The van der Waals surface area contributed by atoms with Gasteiger partial charge in [0.25, 0.3) is 5.91 Å². The van der Waals surface area contributed by atoms with Crippen LogP contribution in [0.15, 0.2) is 35.8 Å². The van der Waals surface area contributed by atoms with Gasteiger partial charge in [-0.05, 0) is 23.6 Å². The zero-order valence-corrected chi connectivity index (χ0v) is 11.8. The van der Waals surface area contributed by atoms with Gasteiger partial charge in [-0.1, -0.05) is 6.07 Å². The highest BCUT2D eigenvalue weighted by molar-refractivity contribution is 7.12. The minimum absolute atomic E-state index is 0.130. The van der Waals surface area contributed by atoms with Crippen molar-refractivity contribution < 1.29 is 4.79 Å². The smallest absolute Gasteiger partial charge is 0.264 e. The van der Waals surface area contributed by atoms with Gasteiger partial charge in [0.15, 0.2) is 0 Å². The molecule has 1 aliphatic rings. The van der Waals surface area contributed by atoms with E-state index < -0.39 is 0 Å². The summed E-state index contributed by atoms with van der Waals surface area (Å²) in [5, 5.41) is 1.93. The molecule has 0 aromatic carbocycles. The van der Waals surface area contributed by atoms with E-state index in [0.29, 0.717) is 5.69 Å². The summed E-state index contributed by atoms with van der Waals surface area (Å²) in [6, 6.07) is 7.56. The van der Waals surface area contributed by atoms with E-state index in [4.69, 9.17) is 5.73 Å². The SMILES string of the molecule is Nc1ccc(N2CCN(C(=O)c3cccs3)CC2)nc1. The first-order valence-corrected chi connectivity index (χ1v) is 7.41. The molecule has 0 unspecified atom stereocenters. The molecular weight excluding hydrogens is 272 g/mol. The standard InChI is InChI=1S/C14H16N4OS/c15-11-3-4-13(16-10-11)17-5-7-18(8-6-17)14(19)12-2-1-9-20-12/h1-4,9-10H,5-8,15H2. The fourth-order valence-corrected chi connectivity index (χ4v) is 2.97. The first-order valence-electron chi connectivity index (χ1n) is 6.53.